The molecule has 0 rings (SSSR count). The summed E-state index contributed by atoms with van der Waals surface area (Å²) in [4.78, 5) is 0. The highest BCUT2D eigenvalue weighted by atomic mass is 14.8. The van der Waals surface area contributed by atoms with E-state index in [1.54, 1.807) is 0 Å². The third-order valence-corrected chi connectivity index (χ3v) is 5.78. The van der Waals surface area contributed by atoms with Gasteiger partial charge in [0.2, 0.25) is 0 Å². The molecule has 0 aliphatic heterocycles. The van der Waals surface area contributed by atoms with Crippen molar-refractivity contribution in [3.63, 3.8) is 0 Å². The monoisotopic (exact) mass is 284 g/mol. The molecule has 0 aromatic rings. The van der Waals surface area contributed by atoms with E-state index >= 15 is 0 Å². The highest BCUT2D eigenvalue weighted by Crippen LogP contribution is 2.45. The Labute approximate surface area is 128 Å². The van der Waals surface area contributed by atoms with Crippen LogP contribution in [0.5, 0.6) is 0 Å². The van der Waals surface area contributed by atoms with E-state index in [-0.39, 0.29) is 5.54 Å². The number of hydrogen-bond donors (Lipinski definition) is 2. The maximum absolute atomic E-state index is 6.76. The fourth-order valence-electron chi connectivity index (χ4n) is 3.87. The van der Waals surface area contributed by atoms with Crippen molar-refractivity contribution >= 4 is 0 Å². The van der Waals surface area contributed by atoms with Crippen molar-refractivity contribution in [3.8, 4) is 0 Å². The molecule has 0 aliphatic rings. The molecular formula is C18H40N2. The van der Waals surface area contributed by atoms with Crippen LogP contribution in [-0.2, 0) is 0 Å². The van der Waals surface area contributed by atoms with Crippen LogP contribution in [-0.4, -0.2) is 12.1 Å². The number of hydrogen-bond acceptors (Lipinski definition) is 2. The lowest BCUT2D eigenvalue weighted by atomic mass is 9.61. The van der Waals surface area contributed by atoms with Crippen LogP contribution in [0.15, 0.2) is 0 Å². The predicted molar refractivity (Wildman–Crippen MR) is 91.9 cm³/mol. The van der Waals surface area contributed by atoms with Gasteiger partial charge in [-0.05, 0) is 50.5 Å². The molecule has 4 N–H and O–H groups in total. The van der Waals surface area contributed by atoms with Gasteiger partial charge in [-0.3, -0.25) is 0 Å². The van der Waals surface area contributed by atoms with Crippen molar-refractivity contribution in [2.75, 3.05) is 6.54 Å². The molecule has 0 fully saturated rings. The summed E-state index contributed by atoms with van der Waals surface area (Å²) in [7, 11) is 0. The fourth-order valence-corrected chi connectivity index (χ4v) is 3.87. The van der Waals surface area contributed by atoms with E-state index in [0.717, 1.165) is 19.4 Å². The lowest BCUT2D eigenvalue weighted by Crippen LogP contribution is -2.54. The first-order valence-electron chi connectivity index (χ1n) is 9.04. The first-order valence-corrected chi connectivity index (χ1v) is 9.04. The molecule has 0 aromatic carbocycles. The quantitative estimate of drug-likeness (QED) is 0.468. The average molecular weight is 285 g/mol. The summed E-state index contributed by atoms with van der Waals surface area (Å²) in [5.74, 6) is 0. The Balaban J connectivity index is 4.27. The van der Waals surface area contributed by atoms with Crippen molar-refractivity contribution in [2.24, 2.45) is 16.9 Å². The van der Waals surface area contributed by atoms with Gasteiger partial charge in [0.25, 0.3) is 0 Å². The maximum Gasteiger partial charge on any atom is 0.0205 e. The van der Waals surface area contributed by atoms with E-state index < -0.39 is 0 Å². The summed E-state index contributed by atoms with van der Waals surface area (Å²) in [6, 6.07) is 0. The first kappa shape index (κ1) is 19.9. The molecule has 0 saturated carbocycles. The van der Waals surface area contributed by atoms with Crippen molar-refractivity contribution in [2.45, 2.75) is 104 Å². The van der Waals surface area contributed by atoms with Gasteiger partial charge in [-0.2, -0.15) is 0 Å². The summed E-state index contributed by atoms with van der Waals surface area (Å²) in [5.41, 5.74) is 12.7. The van der Waals surface area contributed by atoms with Crippen LogP contribution in [0.3, 0.4) is 0 Å². The second-order valence-corrected chi connectivity index (χ2v) is 6.51. The number of nitrogens with two attached hydrogens (primary N) is 2. The largest absolute Gasteiger partial charge is 0.330 e. The third kappa shape index (κ3) is 5.37. The molecule has 0 unspecified atom stereocenters. The molecule has 2 heteroatoms. The van der Waals surface area contributed by atoms with Gasteiger partial charge >= 0.3 is 0 Å². The molecule has 0 amide bonds. The summed E-state index contributed by atoms with van der Waals surface area (Å²) in [5, 5.41) is 0. The highest BCUT2D eigenvalue weighted by molar-refractivity contribution is 4.99. The Hall–Kier alpha value is -0.0800. The van der Waals surface area contributed by atoms with Crippen molar-refractivity contribution in [1.29, 1.82) is 0 Å². The van der Waals surface area contributed by atoms with Gasteiger partial charge in [-0.1, -0.05) is 59.8 Å². The van der Waals surface area contributed by atoms with Crippen LogP contribution in [0.2, 0.25) is 0 Å². The summed E-state index contributed by atoms with van der Waals surface area (Å²) >= 11 is 0. The Morgan fingerprint density at radius 3 is 1.50 bits per heavy atom. The van der Waals surface area contributed by atoms with Crippen LogP contribution in [0.25, 0.3) is 0 Å². The minimum atomic E-state index is 0.0239. The van der Waals surface area contributed by atoms with Crippen LogP contribution in [0.1, 0.15) is 98.3 Å². The highest BCUT2D eigenvalue weighted by Gasteiger charge is 2.42. The second kappa shape index (κ2) is 10.6. The topological polar surface area (TPSA) is 52.0 Å². The van der Waals surface area contributed by atoms with Crippen molar-refractivity contribution < 1.29 is 0 Å². The van der Waals surface area contributed by atoms with Crippen LogP contribution in [0.4, 0.5) is 0 Å². The molecule has 0 spiro atoms. The van der Waals surface area contributed by atoms with E-state index in [9.17, 15) is 0 Å². The van der Waals surface area contributed by atoms with Gasteiger partial charge in [-0.25, -0.2) is 0 Å². The van der Waals surface area contributed by atoms with Crippen LogP contribution in [0, 0.1) is 5.41 Å². The number of rotatable bonds is 13. The number of unbranched alkanes of at least 4 members (excludes halogenated alkanes) is 5. The van der Waals surface area contributed by atoms with Crippen molar-refractivity contribution in [1.82, 2.24) is 0 Å². The van der Waals surface area contributed by atoms with E-state index in [4.69, 9.17) is 11.5 Å². The van der Waals surface area contributed by atoms with Crippen LogP contribution < -0.4 is 11.5 Å². The zero-order chi connectivity index (χ0) is 15.5. The summed E-state index contributed by atoms with van der Waals surface area (Å²) in [6.45, 7) is 10.0. The third-order valence-electron chi connectivity index (χ3n) is 5.78. The minimum absolute atomic E-state index is 0.0239. The smallest absolute Gasteiger partial charge is 0.0205 e. The Morgan fingerprint density at radius 2 is 1.10 bits per heavy atom. The molecule has 122 valence electrons. The minimum Gasteiger partial charge on any atom is -0.330 e. The lowest BCUT2D eigenvalue weighted by molar-refractivity contribution is 0.0801. The molecule has 2 nitrogen and oxygen atoms in total. The SMILES string of the molecule is CCC(N)(CC)C(CC)(CC)CCCCCCCCN. The molecule has 0 aliphatic carbocycles. The van der Waals surface area contributed by atoms with E-state index in [2.05, 4.69) is 27.7 Å². The van der Waals surface area contributed by atoms with Gasteiger partial charge in [0.05, 0.1) is 0 Å². The second-order valence-electron chi connectivity index (χ2n) is 6.51. The van der Waals surface area contributed by atoms with Gasteiger partial charge in [0.15, 0.2) is 0 Å². The molecule has 0 atom stereocenters. The van der Waals surface area contributed by atoms with Crippen molar-refractivity contribution in [3.05, 3.63) is 0 Å². The molecule has 0 saturated heterocycles. The van der Waals surface area contributed by atoms with E-state index in [0.29, 0.717) is 5.41 Å². The standard InChI is InChI=1S/C18H40N2/c1-5-17(6-2,18(20,7-3)8-4)15-13-11-9-10-12-14-16-19/h5-16,19-20H2,1-4H3. The first-order chi connectivity index (χ1) is 9.55. The summed E-state index contributed by atoms with van der Waals surface area (Å²) < 4.78 is 0. The van der Waals surface area contributed by atoms with Gasteiger partial charge in [-0.15, -0.1) is 0 Å². The van der Waals surface area contributed by atoms with Gasteiger partial charge < -0.3 is 11.5 Å². The predicted octanol–water partition coefficient (Wildman–Crippen LogP) is 5.00. The molecule has 0 bridgehead atoms. The van der Waals surface area contributed by atoms with E-state index in [1.807, 2.05) is 0 Å². The average Bonchev–Trinajstić information content (AvgIpc) is 2.50. The Kier molecular flexibility index (Phi) is 10.6. The fraction of sp³-hybridized carbons (Fsp3) is 1.00. The Morgan fingerprint density at radius 1 is 0.650 bits per heavy atom. The van der Waals surface area contributed by atoms with E-state index in [1.165, 1.54) is 57.8 Å². The molecule has 0 heterocycles. The molecule has 20 heavy (non-hydrogen) atoms. The zero-order valence-electron chi connectivity index (χ0n) is 14.6. The normalized spacial score (nSPS) is 12.9. The zero-order valence-corrected chi connectivity index (χ0v) is 14.6. The molecular weight excluding hydrogens is 244 g/mol. The van der Waals surface area contributed by atoms with Gasteiger partial charge in [0, 0.05) is 5.54 Å². The molecule has 0 aromatic heterocycles. The Bertz CT molecular complexity index is 217. The lowest BCUT2D eigenvalue weighted by Gasteiger charge is -2.48. The van der Waals surface area contributed by atoms with Gasteiger partial charge in [0.1, 0.15) is 0 Å². The molecule has 0 radical (unpaired) electrons. The van der Waals surface area contributed by atoms with Crippen LogP contribution >= 0.6 is 0 Å². The summed E-state index contributed by atoms with van der Waals surface area (Å²) in [6.07, 6.45) is 13.8. The maximum atomic E-state index is 6.76.